The van der Waals surface area contributed by atoms with Crippen molar-refractivity contribution in [2.75, 3.05) is 24.6 Å². The number of aromatic nitrogens is 1. The minimum absolute atomic E-state index is 0.636. The van der Waals surface area contributed by atoms with Crippen molar-refractivity contribution >= 4 is 59.4 Å². The Bertz CT molecular complexity index is 1280. The molecule has 0 radical (unpaired) electrons. The lowest BCUT2D eigenvalue weighted by Crippen LogP contribution is -2.21. The second-order valence-electron chi connectivity index (χ2n) is 8.84. The normalized spacial score (nSPS) is 12.6. The van der Waals surface area contributed by atoms with E-state index < -0.39 is 0 Å². The van der Waals surface area contributed by atoms with Gasteiger partial charge in [0.1, 0.15) is 15.6 Å². The zero-order valence-corrected chi connectivity index (χ0v) is 23.6. The van der Waals surface area contributed by atoms with Gasteiger partial charge in [0.2, 0.25) is 5.13 Å². The van der Waals surface area contributed by atoms with E-state index in [9.17, 15) is 0 Å². The molecule has 0 spiro atoms. The molecule has 0 fully saturated rings. The zero-order valence-electron chi connectivity index (χ0n) is 21.9. The van der Waals surface area contributed by atoms with Gasteiger partial charge in [-0.1, -0.05) is 42.9 Å². The van der Waals surface area contributed by atoms with Gasteiger partial charge in [-0.05, 0) is 87.2 Å². The molecule has 2 aromatic carbocycles. The highest BCUT2D eigenvalue weighted by Crippen LogP contribution is 2.39. The van der Waals surface area contributed by atoms with Gasteiger partial charge in [-0.3, -0.25) is 0 Å². The molecule has 0 bridgehead atoms. The predicted octanol–water partition coefficient (Wildman–Crippen LogP) is 10.2. The van der Waals surface area contributed by atoms with Crippen LogP contribution in [0.15, 0.2) is 75.1 Å². The first-order valence-electron chi connectivity index (χ1n) is 12.9. The molecular formula is C28H34N6OS2. The van der Waals surface area contributed by atoms with Gasteiger partial charge in [0.15, 0.2) is 0 Å². The fourth-order valence-corrected chi connectivity index (χ4v) is 5.61. The summed E-state index contributed by atoms with van der Waals surface area (Å²) in [4.78, 5) is 7.78. The number of anilines is 1. The first kappa shape index (κ1) is 26.9. The number of thiazole rings is 1. The first-order valence-corrected chi connectivity index (χ1v) is 14.5. The lowest BCUT2D eigenvalue weighted by atomic mass is 10.0. The third-order valence-electron chi connectivity index (χ3n) is 6.20. The van der Waals surface area contributed by atoms with Gasteiger partial charge in [-0.15, -0.1) is 20.5 Å². The van der Waals surface area contributed by atoms with Gasteiger partial charge >= 0.3 is 0 Å². The third-order valence-corrected chi connectivity index (χ3v) is 8.13. The van der Waals surface area contributed by atoms with Crippen molar-refractivity contribution in [1.29, 1.82) is 0 Å². The lowest BCUT2D eigenvalue weighted by Gasteiger charge is -2.20. The molecular weight excluding hydrogens is 500 g/mol. The molecule has 1 unspecified atom stereocenters. The van der Waals surface area contributed by atoms with Gasteiger partial charge in [0, 0.05) is 18.8 Å². The number of benzene rings is 2. The van der Waals surface area contributed by atoms with E-state index in [1.807, 2.05) is 42.5 Å². The van der Waals surface area contributed by atoms with E-state index in [0.717, 1.165) is 63.7 Å². The van der Waals surface area contributed by atoms with E-state index in [4.69, 9.17) is 4.74 Å². The van der Waals surface area contributed by atoms with Crippen LogP contribution >= 0.6 is 22.7 Å². The number of fused-ring (bicyclic) bond motifs is 1. The van der Waals surface area contributed by atoms with Crippen LogP contribution in [0, 0.1) is 5.92 Å². The van der Waals surface area contributed by atoms with E-state index in [-0.39, 0.29) is 0 Å². The van der Waals surface area contributed by atoms with Gasteiger partial charge in [0.05, 0.1) is 22.7 Å². The van der Waals surface area contributed by atoms with Crippen molar-refractivity contribution in [2.45, 2.75) is 47.0 Å². The molecule has 2 heterocycles. The molecule has 2 aromatic heterocycles. The Morgan fingerprint density at radius 2 is 1.54 bits per heavy atom. The highest BCUT2D eigenvalue weighted by atomic mass is 32.1. The van der Waals surface area contributed by atoms with Crippen LogP contribution in [0.5, 0.6) is 5.75 Å². The van der Waals surface area contributed by atoms with E-state index >= 15 is 0 Å². The second kappa shape index (κ2) is 13.4. The highest BCUT2D eigenvalue weighted by molar-refractivity contribution is 7.30. The van der Waals surface area contributed by atoms with Crippen molar-refractivity contribution in [2.24, 2.45) is 26.4 Å². The third kappa shape index (κ3) is 7.66. The average Bonchev–Trinajstić information content (AvgIpc) is 3.49. The minimum atomic E-state index is 0.636. The van der Waals surface area contributed by atoms with Crippen molar-refractivity contribution in [3.8, 4) is 5.75 Å². The maximum absolute atomic E-state index is 5.84. The van der Waals surface area contributed by atoms with Crippen LogP contribution in [-0.2, 0) is 0 Å². The Morgan fingerprint density at radius 1 is 0.865 bits per heavy atom. The summed E-state index contributed by atoms with van der Waals surface area (Å²) in [5.41, 5.74) is 2.79. The molecule has 4 rings (SSSR count). The Balaban J connectivity index is 1.31. The molecule has 0 aliphatic rings. The van der Waals surface area contributed by atoms with E-state index in [1.54, 1.807) is 0 Å². The Labute approximate surface area is 227 Å². The number of rotatable bonds is 13. The Morgan fingerprint density at radius 3 is 2.19 bits per heavy atom. The van der Waals surface area contributed by atoms with Crippen molar-refractivity contribution < 1.29 is 4.74 Å². The lowest BCUT2D eigenvalue weighted by molar-refractivity contribution is 0.294. The largest absolute Gasteiger partial charge is 0.494 e. The molecule has 194 valence electrons. The van der Waals surface area contributed by atoms with Crippen LogP contribution in [0.25, 0.3) is 9.53 Å². The quantitative estimate of drug-likeness (QED) is 0.126. The summed E-state index contributed by atoms with van der Waals surface area (Å²) in [5.74, 6) is 1.62. The van der Waals surface area contributed by atoms with Crippen LogP contribution in [0.1, 0.15) is 47.0 Å². The average molecular weight is 535 g/mol. The zero-order chi connectivity index (χ0) is 26.0. The summed E-state index contributed by atoms with van der Waals surface area (Å²) >= 11 is 3.00. The molecule has 9 heteroatoms. The Hall–Kier alpha value is -3.17. The summed E-state index contributed by atoms with van der Waals surface area (Å²) in [6, 6.07) is 17.9. The van der Waals surface area contributed by atoms with Gasteiger partial charge in [-0.25, -0.2) is 4.98 Å². The summed E-state index contributed by atoms with van der Waals surface area (Å²) in [6.07, 6.45) is 3.50. The maximum atomic E-state index is 5.84. The van der Waals surface area contributed by atoms with Crippen molar-refractivity contribution in [3.05, 3.63) is 54.6 Å². The molecule has 4 aromatic rings. The summed E-state index contributed by atoms with van der Waals surface area (Å²) in [5, 5.41) is 18.9. The fraction of sp³-hybridized carbons (Fsp3) is 0.393. The number of thiophene rings is 1. The van der Waals surface area contributed by atoms with E-state index in [1.165, 1.54) is 41.2 Å². The molecule has 0 amide bonds. The van der Waals surface area contributed by atoms with Crippen LogP contribution in [0.2, 0.25) is 0 Å². The number of hydrogen-bond acceptors (Lipinski definition) is 9. The molecule has 0 N–H and O–H groups in total. The van der Waals surface area contributed by atoms with Gasteiger partial charge < -0.3 is 9.64 Å². The van der Waals surface area contributed by atoms with Crippen LogP contribution in [0.4, 0.5) is 27.2 Å². The molecule has 0 saturated carbocycles. The van der Waals surface area contributed by atoms with E-state index in [0.29, 0.717) is 5.13 Å². The van der Waals surface area contributed by atoms with Gasteiger partial charge in [-0.2, -0.15) is 0 Å². The number of nitrogens with zero attached hydrogens (tertiary/aromatic N) is 6. The summed E-state index contributed by atoms with van der Waals surface area (Å²) in [7, 11) is 0. The summed E-state index contributed by atoms with van der Waals surface area (Å²) < 4.78 is 6.87. The van der Waals surface area contributed by atoms with Crippen LogP contribution < -0.4 is 9.64 Å². The van der Waals surface area contributed by atoms with Gasteiger partial charge in [0.25, 0.3) is 0 Å². The number of hydrogen-bond donors (Lipinski definition) is 0. The van der Waals surface area contributed by atoms with Crippen molar-refractivity contribution in [3.63, 3.8) is 0 Å². The number of ether oxygens (including phenoxy) is 1. The standard InChI is InChI=1S/C28H34N6OS2/c1-5-20(4)9-8-18-35-24-16-12-22(13-17-24)30-32-26-19-25-27(37-26)29-28(36-25)33-31-21-10-14-23(15-11-21)34(6-2)7-3/h10-17,19-20H,5-9,18H2,1-4H3/b32-30+,33-31+. The summed E-state index contributed by atoms with van der Waals surface area (Å²) in [6.45, 7) is 11.5. The van der Waals surface area contributed by atoms with Crippen LogP contribution in [-0.4, -0.2) is 24.7 Å². The molecule has 0 aliphatic carbocycles. The SMILES string of the molecule is CCC(C)CCCOc1ccc(/N=N/c2cc3sc(/N=N/c4ccc(N(CC)CC)cc4)nc3s2)cc1. The van der Waals surface area contributed by atoms with E-state index in [2.05, 4.69) is 70.2 Å². The molecule has 7 nitrogen and oxygen atoms in total. The van der Waals surface area contributed by atoms with Crippen LogP contribution in [0.3, 0.4) is 0 Å². The highest BCUT2D eigenvalue weighted by Gasteiger charge is 2.09. The minimum Gasteiger partial charge on any atom is -0.494 e. The van der Waals surface area contributed by atoms with Crippen molar-refractivity contribution in [1.82, 2.24) is 4.98 Å². The first-order chi connectivity index (χ1) is 18.1. The predicted molar refractivity (Wildman–Crippen MR) is 156 cm³/mol. The molecule has 0 aliphatic heterocycles. The molecule has 0 saturated heterocycles. The maximum Gasteiger partial charge on any atom is 0.231 e. The Kier molecular flexibility index (Phi) is 9.73. The smallest absolute Gasteiger partial charge is 0.231 e. The second-order valence-corrected chi connectivity index (χ2v) is 10.9. The monoisotopic (exact) mass is 534 g/mol. The molecule has 37 heavy (non-hydrogen) atoms. The molecule has 1 atom stereocenters. The fourth-order valence-electron chi connectivity index (χ4n) is 3.77. The number of azo groups is 2. The topological polar surface area (TPSA) is 74.8 Å².